The van der Waals surface area contributed by atoms with Crippen LogP contribution in [0.3, 0.4) is 0 Å². The van der Waals surface area contributed by atoms with Crippen molar-refractivity contribution < 1.29 is 19.2 Å². The molecular weight excluding hydrogens is 352 g/mol. The van der Waals surface area contributed by atoms with Crippen LogP contribution in [0.1, 0.15) is 22.3 Å². The summed E-state index contributed by atoms with van der Waals surface area (Å²) in [6.45, 7) is 1.76. The smallest absolute Gasteiger partial charge is 0.272 e. The van der Waals surface area contributed by atoms with Crippen molar-refractivity contribution in [2.24, 2.45) is 15.9 Å². The van der Waals surface area contributed by atoms with Crippen molar-refractivity contribution in [3.8, 4) is 11.5 Å². The van der Waals surface area contributed by atoms with Crippen LogP contribution >= 0.6 is 0 Å². The molecule has 4 rings (SSSR count). The number of ether oxygens (including phenoxy) is 2. The van der Waals surface area contributed by atoms with Crippen LogP contribution in [0.4, 0.5) is 5.69 Å². The molecule has 0 bridgehead atoms. The SMILES string of the molecule is Cc1cc(C2=NN=C(C(N)=O)Cc3cc4c(cc32)OCO4)ccc1[N+](=O)[O-]. The molecule has 2 N–H and O–H groups in total. The molecule has 0 unspecified atom stereocenters. The number of nitrogens with two attached hydrogens (primary N) is 1. The van der Waals surface area contributed by atoms with Crippen molar-refractivity contribution in [3.63, 3.8) is 0 Å². The molecule has 0 spiro atoms. The summed E-state index contributed by atoms with van der Waals surface area (Å²) in [5.74, 6) is 0.463. The fourth-order valence-electron chi connectivity index (χ4n) is 3.09. The van der Waals surface area contributed by atoms with Crippen molar-refractivity contribution in [2.45, 2.75) is 13.3 Å². The molecule has 27 heavy (non-hydrogen) atoms. The number of nitro benzene ring substituents is 1. The number of rotatable bonds is 3. The van der Waals surface area contributed by atoms with Crippen LogP contribution in [-0.4, -0.2) is 29.0 Å². The van der Waals surface area contributed by atoms with Gasteiger partial charge in [0.15, 0.2) is 11.5 Å². The van der Waals surface area contributed by atoms with Crippen molar-refractivity contribution >= 4 is 23.0 Å². The standard InChI is InChI=1S/C18H14N4O5/c1-9-4-10(2-3-14(9)22(24)25)17-12-7-16-15(26-8-27-16)6-11(12)5-13(18(19)23)20-21-17/h2-4,6-7H,5,8H2,1H3,(H2,19,23). The Morgan fingerprint density at radius 1 is 1.19 bits per heavy atom. The summed E-state index contributed by atoms with van der Waals surface area (Å²) in [5.41, 5.74) is 8.58. The molecule has 9 nitrogen and oxygen atoms in total. The van der Waals surface area contributed by atoms with E-state index in [9.17, 15) is 14.9 Å². The average molecular weight is 366 g/mol. The van der Waals surface area contributed by atoms with E-state index < -0.39 is 10.8 Å². The third-order valence-electron chi connectivity index (χ3n) is 4.43. The Bertz CT molecular complexity index is 1060. The van der Waals surface area contributed by atoms with E-state index in [4.69, 9.17) is 15.2 Å². The molecule has 2 aromatic carbocycles. The summed E-state index contributed by atoms with van der Waals surface area (Å²) in [4.78, 5) is 22.3. The zero-order valence-corrected chi connectivity index (χ0v) is 14.3. The summed E-state index contributed by atoms with van der Waals surface area (Å²) in [5, 5.41) is 19.3. The number of carbonyl (C=O) groups is 1. The first-order valence-corrected chi connectivity index (χ1v) is 8.06. The maximum atomic E-state index is 11.7. The monoisotopic (exact) mass is 366 g/mol. The maximum absolute atomic E-state index is 11.7. The van der Waals surface area contributed by atoms with Gasteiger partial charge in [-0.05, 0) is 36.8 Å². The van der Waals surface area contributed by atoms with Gasteiger partial charge in [-0.25, -0.2) is 0 Å². The van der Waals surface area contributed by atoms with Crippen LogP contribution in [0.25, 0.3) is 0 Å². The van der Waals surface area contributed by atoms with Crippen molar-refractivity contribution in [1.82, 2.24) is 0 Å². The van der Waals surface area contributed by atoms with Gasteiger partial charge in [-0.1, -0.05) is 0 Å². The van der Waals surface area contributed by atoms with Gasteiger partial charge in [0.05, 0.1) is 4.92 Å². The lowest BCUT2D eigenvalue weighted by Gasteiger charge is -2.11. The van der Waals surface area contributed by atoms with E-state index in [0.717, 1.165) is 5.56 Å². The fourth-order valence-corrected chi connectivity index (χ4v) is 3.09. The minimum atomic E-state index is -0.663. The zero-order valence-electron chi connectivity index (χ0n) is 14.3. The van der Waals surface area contributed by atoms with Crippen LogP contribution < -0.4 is 15.2 Å². The highest BCUT2D eigenvalue weighted by atomic mass is 16.7. The molecule has 0 saturated carbocycles. The molecule has 2 heterocycles. The summed E-state index contributed by atoms with van der Waals surface area (Å²) >= 11 is 0. The van der Waals surface area contributed by atoms with Crippen molar-refractivity contribution in [1.29, 1.82) is 0 Å². The lowest BCUT2D eigenvalue weighted by Crippen LogP contribution is -2.24. The second-order valence-corrected chi connectivity index (χ2v) is 6.16. The third kappa shape index (κ3) is 2.88. The number of nitrogens with zero attached hydrogens (tertiary/aromatic N) is 3. The summed E-state index contributed by atoms with van der Waals surface area (Å²) in [7, 11) is 0. The first kappa shape index (κ1) is 16.7. The summed E-state index contributed by atoms with van der Waals surface area (Å²) in [6, 6.07) is 8.23. The predicted octanol–water partition coefficient (Wildman–Crippen LogP) is 1.87. The Hall–Kier alpha value is -3.75. The van der Waals surface area contributed by atoms with Gasteiger partial charge in [0.1, 0.15) is 11.4 Å². The summed E-state index contributed by atoms with van der Waals surface area (Å²) in [6.07, 6.45) is 0.195. The van der Waals surface area contributed by atoms with Gasteiger partial charge in [0, 0.05) is 29.2 Å². The van der Waals surface area contributed by atoms with Gasteiger partial charge in [-0.15, -0.1) is 10.2 Å². The molecule has 0 saturated heterocycles. The number of fused-ring (bicyclic) bond motifs is 2. The number of benzene rings is 2. The molecule has 2 aliphatic heterocycles. The molecule has 2 aliphatic rings. The molecule has 0 aliphatic carbocycles. The molecule has 0 radical (unpaired) electrons. The molecule has 136 valence electrons. The van der Waals surface area contributed by atoms with Crippen LogP contribution in [0.5, 0.6) is 11.5 Å². The lowest BCUT2D eigenvalue weighted by atomic mass is 9.93. The Kier molecular flexibility index (Phi) is 3.84. The highest BCUT2D eigenvalue weighted by Crippen LogP contribution is 2.37. The first-order chi connectivity index (χ1) is 12.9. The molecule has 0 aromatic heterocycles. The Labute approximate surface area is 153 Å². The Balaban J connectivity index is 1.90. The number of primary amides is 1. The van der Waals surface area contributed by atoms with Gasteiger partial charge in [-0.2, -0.15) is 0 Å². The van der Waals surface area contributed by atoms with E-state index in [1.807, 2.05) is 0 Å². The molecule has 9 heteroatoms. The number of nitro groups is 1. The van der Waals surface area contributed by atoms with Crippen LogP contribution in [0, 0.1) is 17.0 Å². The Morgan fingerprint density at radius 2 is 1.93 bits per heavy atom. The fraction of sp³-hybridized carbons (Fsp3) is 0.167. The quantitative estimate of drug-likeness (QED) is 0.655. The molecular formula is C18H14N4O5. The van der Waals surface area contributed by atoms with Gasteiger partial charge in [0.25, 0.3) is 11.6 Å². The maximum Gasteiger partial charge on any atom is 0.272 e. The zero-order chi connectivity index (χ0) is 19.1. The van der Waals surface area contributed by atoms with E-state index in [0.29, 0.717) is 33.9 Å². The number of carbonyl (C=O) groups excluding carboxylic acids is 1. The van der Waals surface area contributed by atoms with Gasteiger partial charge < -0.3 is 15.2 Å². The Morgan fingerprint density at radius 3 is 2.59 bits per heavy atom. The van der Waals surface area contributed by atoms with E-state index in [2.05, 4.69) is 10.2 Å². The third-order valence-corrected chi connectivity index (χ3v) is 4.43. The van der Waals surface area contributed by atoms with E-state index in [1.165, 1.54) is 6.07 Å². The van der Waals surface area contributed by atoms with Crippen LogP contribution in [0.2, 0.25) is 0 Å². The van der Waals surface area contributed by atoms with Gasteiger partial charge in [-0.3, -0.25) is 14.9 Å². The minimum Gasteiger partial charge on any atom is -0.454 e. The van der Waals surface area contributed by atoms with E-state index in [1.54, 1.807) is 31.2 Å². The second kappa shape index (κ2) is 6.20. The van der Waals surface area contributed by atoms with Gasteiger partial charge in [0.2, 0.25) is 6.79 Å². The van der Waals surface area contributed by atoms with Crippen LogP contribution in [-0.2, 0) is 11.2 Å². The number of hydrogen-bond donors (Lipinski definition) is 1. The van der Waals surface area contributed by atoms with Crippen molar-refractivity contribution in [3.05, 3.63) is 62.7 Å². The summed E-state index contributed by atoms with van der Waals surface area (Å²) < 4.78 is 10.9. The second-order valence-electron chi connectivity index (χ2n) is 6.16. The topological polar surface area (TPSA) is 129 Å². The minimum absolute atomic E-state index is 0.0141. The molecule has 2 aromatic rings. The highest BCUT2D eigenvalue weighted by molar-refractivity contribution is 6.39. The molecule has 0 atom stereocenters. The number of aryl methyl sites for hydroxylation is 1. The lowest BCUT2D eigenvalue weighted by molar-refractivity contribution is -0.385. The normalized spacial score (nSPS) is 14.7. The largest absolute Gasteiger partial charge is 0.454 e. The predicted molar refractivity (Wildman–Crippen MR) is 96.4 cm³/mol. The highest BCUT2D eigenvalue weighted by Gasteiger charge is 2.25. The first-order valence-electron chi connectivity index (χ1n) is 8.06. The molecule has 1 amide bonds. The van der Waals surface area contributed by atoms with Crippen LogP contribution in [0.15, 0.2) is 40.5 Å². The van der Waals surface area contributed by atoms with Crippen molar-refractivity contribution in [2.75, 3.05) is 6.79 Å². The van der Waals surface area contributed by atoms with E-state index >= 15 is 0 Å². The molecule has 0 fully saturated rings. The number of hydrogen-bond acceptors (Lipinski definition) is 7. The average Bonchev–Trinajstić information content (AvgIpc) is 2.98. The van der Waals surface area contributed by atoms with E-state index in [-0.39, 0.29) is 24.6 Å². The van der Waals surface area contributed by atoms with Gasteiger partial charge >= 0.3 is 0 Å². The number of amides is 1.